The summed E-state index contributed by atoms with van der Waals surface area (Å²) in [6.45, 7) is 0.744. The van der Waals surface area contributed by atoms with E-state index in [2.05, 4.69) is 0 Å². The zero-order chi connectivity index (χ0) is 13.2. The van der Waals surface area contributed by atoms with Crippen LogP contribution in [-0.4, -0.2) is 23.3 Å². The molecule has 1 saturated heterocycles. The van der Waals surface area contributed by atoms with Crippen LogP contribution in [0.25, 0.3) is 0 Å². The zero-order valence-corrected chi connectivity index (χ0v) is 9.95. The van der Waals surface area contributed by atoms with Crippen molar-refractivity contribution in [1.82, 2.24) is 4.90 Å². The average Bonchev–Trinajstić information content (AvgIpc) is 2.38. The van der Waals surface area contributed by atoms with Gasteiger partial charge in [0.15, 0.2) is 0 Å². The number of aliphatic hydroxyl groups is 1. The van der Waals surface area contributed by atoms with Gasteiger partial charge in [0.25, 0.3) is 0 Å². The second kappa shape index (κ2) is 5.28. The summed E-state index contributed by atoms with van der Waals surface area (Å²) in [6, 6.07) is 5.29. The molecule has 0 bridgehead atoms. The van der Waals surface area contributed by atoms with Gasteiger partial charge in [-0.25, -0.2) is 0 Å². The average molecular weight is 259 g/mol. The largest absolute Gasteiger partial charge is 0.416 e. The van der Waals surface area contributed by atoms with E-state index in [0.717, 1.165) is 43.5 Å². The van der Waals surface area contributed by atoms with Gasteiger partial charge in [-0.05, 0) is 30.5 Å². The molecule has 1 aliphatic rings. The Kier molecular flexibility index (Phi) is 3.92. The third kappa shape index (κ3) is 2.84. The van der Waals surface area contributed by atoms with Crippen molar-refractivity contribution in [1.29, 1.82) is 0 Å². The summed E-state index contributed by atoms with van der Waals surface area (Å²) in [7, 11) is 0. The van der Waals surface area contributed by atoms with E-state index in [9.17, 15) is 18.3 Å². The van der Waals surface area contributed by atoms with Crippen LogP contribution in [0, 0.1) is 0 Å². The Morgan fingerprint density at radius 1 is 1.17 bits per heavy atom. The Morgan fingerprint density at radius 2 is 1.83 bits per heavy atom. The van der Waals surface area contributed by atoms with Crippen molar-refractivity contribution in [3.63, 3.8) is 0 Å². The fourth-order valence-electron chi connectivity index (χ4n) is 2.43. The van der Waals surface area contributed by atoms with Gasteiger partial charge in [-0.3, -0.25) is 4.90 Å². The number of alkyl halides is 3. The first-order chi connectivity index (χ1) is 8.52. The van der Waals surface area contributed by atoms with E-state index < -0.39 is 11.7 Å². The molecule has 1 fully saturated rings. The second-order valence-electron chi connectivity index (χ2n) is 4.59. The number of halogens is 3. The van der Waals surface area contributed by atoms with Crippen LogP contribution in [-0.2, 0) is 6.18 Å². The van der Waals surface area contributed by atoms with Crippen LogP contribution in [0.15, 0.2) is 24.3 Å². The third-order valence-corrected chi connectivity index (χ3v) is 3.42. The molecule has 1 aromatic rings. The van der Waals surface area contributed by atoms with E-state index in [4.69, 9.17) is 0 Å². The number of aliphatic hydroxyl groups excluding tert-OH is 1. The fourth-order valence-corrected chi connectivity index (χ4v) is 2.43. The van der Waals surface area contributed by atoms with Crippen LogP contribution in [0.3, 0.4) is 0 Å². The monoisotopic (exact) mass is 259 g/mol. The molecule has 1 unspecified atom stereocenters. The molecule has 5 heteroatoms. The minimum absolute atomic E-state index is 0.0334. The van der Waals surface area contributed by atoms with Crippen molar-refractivity contribution in [3.05, 3.63) is 35.4 Å². The van der Waals surface area contributed by atoms with Crippen molar-refractivity contribution in [3.8, 4) is 0 Å². The lowest BCUT2D eigenvalue weighted by Gasteiger charge is -2.34. The molecule has 0 spiro atoms. The van der Waals surface area contributed by atoms with Gasteiger partial charge < -0.3 is 5.11 Å². The normalized spacial score (nSPS) is 22.1. The van der Waals surface area contributed by atoms with Crippen molar-refractivity contribution in [2.24, 2.45) is 0 Å². The smallest absolute Gasteiger partial charge is 0.381 e. The van der Waals surface area contributed by atoms with Crippen LogP contribution < -0.4 is 0 Å². The van der Waals surface area contributed by atoms with E-state index >= 15 is 0 Å². The summed E-state index contributed by atoms with van der Waals surface area (Å²) < 4.78 is 37.4. The maximum atomic E-state index is 12.5. The fraction of sp³-hybridized carbons (Fsp3) is 0.538. The third-order valence-electron chi connectivity index (χ3n) is 3.42. The minimum Gasteiger partial charge on any atom is -0.381 e. The van der Waals surface area contributed by atoms with Crippen molar-refractivity contribution in [2.75, 3.05) is 13.3 Å². The Hall–Kier alpha value is -1.07. The molecular weight excluding hydrogens is 243 g/mol. The molecule has 1 aromatic carbocycles. The SMILES string of the molecule is OCN1CCCCC1c1ccc(C(F)(F)F)cc1. The number of hydrogen-bond acceptors (Lipinski definition) is 2. The summed E-state index contributed by atoms with van der Waals surface area (Å²) in [6.07, 6.45) is -1.34. The first-order valence-electron chi connectivity index (χ1n) is 6.04. The molecule has 1 aliphatic heterocycles. The first kappa shape index (κ1) is 13.4. The molecule has 0 aliphatic carbocycles. The van der Waals surface area contributed by atoms with Gasteiger partial charge in [-0.15, -0.1) is 0 Å². The summed E-state index contributed by atoms with van der Waals surface area (Å²) >= 11 is 0. The highest BCUT2D eigenvalue weighted by atomic mass is 19.4. The number of likely N-dealkylation sites (tertiary alicyclic amines) is 1. The summed E-state index contributed by atoms with van der Waals surface area (Å²) in [5, 5.41) is 9.25. The molecule has 2 rings (SSSR count). The number of benzene rings is 1. The summed E-state index contributed by atoms with van der Waals surface area (Å²) in [4.78, 5) is 1.89. The Bertz CT molecular complexity index is 388. The van der Waals surface area contributed by atoms with E-state index in [0.29, 0.717) is 0 Å². The van der Waals surface area contributed by atoms with Gasteiger partial charge in [0.1, 0.15) is 0 Å². The molecule has 0 radical (unpaired) electrons. The molecular formula is C13H16F3NO. The van der Waals surface area contributed by atoms with Crippen molar-refractivity contribution in [2.45, 2.75) is 31.5 Å². The van der Waals surface area contributed by atoms with Gasteiger partial charge in [-0.2, -0.15) is 13.2 Å². The van der Waals surface area contributed by atoms with E-state index in [1.54, 1.807) is 0 Å². The molecule has 1 atom stereocenters. The molecule has 1 heterocycles. The number of piperidine rings is 1. The lowest BCUT2D eigenvalue weighted by atomic mass is 9.95. The van der Waals surface area contributed by atoms with Crippen LogP contribution in [0.2, 0.25) is 0 Å². The maximum absolute atomic E-state index is 12.5. The zero-order valence-electron chi connectivity index (χ0n) is 9.95. The van der Waals surface area contributed by atoms with Gasteiger partial charge >= 0.3 is 6.18 Å². The molecule has 1 N–H and O–H groups in total. The maximum Gasteiger partial charge on any atom is 0.416 e. The highest BCUT2D eigenvalue weighted by Gasteiger charge is 2.31. The van der Waals surface area contributed by atoms with Gasteiger partial charge in [0, 0.05) is 12.6 Å². The predicted octanol–water partition coefficient (Wildman–Crippen LogP) is 3.18. The predicted molar refractivity (Wildman–Crippen MR) is 61.8 cm³/mol. The van der Waals surface area contributed by atoms with E-state index in [-0.39, 0.29) is 12.8 Å². The molecule has 100 valence electrons. The van der Waals surface area contributed by atoms with Gasteiger partial charge in [0.2, 0.25) is 0 Å². The van der Waals surface area contributed by atoms with Crippen molar-refractivity contribution < 1.29 is 18.3 Å². The van der Waals surface area contributed by atoms with Gasteiger partial charge in [-0.1, -0.05) is 18.6 Å². The van der Waals surface area contributed by atoms with Crippen LogP contribution in [0.5, 0.6) is 0 Å². The highest BCUT2D eigenvalue weighted by Crippen LogP contribution is 2.33. The lowest BCUT2D eigenvalue weighted by molar-refractivity contribution is -0.137. The quantitative estimate of drug-likeness (QED) is 0.881. The van der Waals surface area contributed by atoms with Crippen LogP contribution in [0.4, 0.5) is 13.2 Å². The Morgan fingerprint density at radius 3 is 2.39 bits per heavy atom. The molecule has 0 aromatic heterocycles. The molecule has 0 amide bonds. The Labute approximate surface area is 104 Å². The molecule has 0 saturated carbocycles. The highest BCUT2D eigenvalue weighted by molar-refractivity contribution is 5.27. The number of rotatable bonds is 2. The standard InChI is InChI=1S/C13H16F3NO/c14-13(15,16)11-6-4-10(5-7-11)12-3-1-2-8-17(12)9-18/h4-7,12,18H,1-3,8-9H2. The topological polar surface area (TPSA) is 23.5 Å². The molecule has 18 heavy (non-hydrogen) atoms. The summed E-state index contributed by atoms with van der Waals surface area (Å²) in [5.74, 6) is 0. The first-order valence-corrected chi connectivity index (χ1v) is 6.04. The summed E-state index contributed by atoms with van der Waals surface area (Å²) in [5.41, 5.74) is 0.217. The minimum atomic E-state index is -4.29. The van der Waals surface area contributed by atoms with Crippen LogP contribution >= 0.6 is 0 Å². The number of hydrogen-bond donors (Lipinski definition) is 1. The number of nitrogens with zero attached hydrogens (tertiary/aromatic N) is 1. The lowest BCUT2D eigenvalue weighted by Crippen LogP contribution is -2.34. The van der Waals surface area contributed by atoms with Gasteiger partial charge in [0.05, 0.1) is 12.3 Å². The second-order valence-corrected chi connectivity index (χ2v) is 4.59. The van der Waals surface area contributed by atoms with E-state index in [1.807, 2.05) is 4.90 Å². The van der Waals surface area contributed by atoms with Crippen molar-refractivity contribution >= 4 is 0 Å². The van der Waals surface area contributed by atoms with E-state index in [1.165, 1.54) is 12.1 Å². The molecule has 2 nitrogen and oxygen atoms in total. The van der Waals surface area contributed by atoms with Crippen LogP contribution in [0.1, 0.15) is 36.4 Å². The Balaban J connectivity index is 2.18.